The molecule has 0 saturated carbocycles. The molecule has 124 valence electrons. The number of carbonyl (C=O) groups excluding carboxylic acids is 1. The minimum absolute atomic E-state index is 0.204. The molecule has 25 heavy (non-hydrogen) atoms. The van der Waals surface area contributed by atoms with E-state index in [0.29, 0.717) is 18.5 Å². The lowest BCUT2D eigenvalue weighted by molar-refractivity contribution is -0.119. The Bertz CT molecular complexity index is 979. The van der Waals surface area contributed by atoms with Gasteiger partial charge in [0.15, 0.2) is 0 Å². The Morgan fingerprint density at radius 3 is 2.52 bits per heavy atom. The number of nitrogens with zero attached hydrogens (tertiary/aromatic N) is 2. The van der Waals surface area contributed by atoms with Gasteiger partial charge in [-0.15, -0.1) is 0 Å². The zero-order valence-electron chi connectivity index (χ0n) is 13.6. The SMILES string of the molecule is O=C1Nc2ccccc2CC[C@H]1n1nc(-c2ccccc2)ccc1=O. The minimum Gasteiger partial charge on any atom is -0.324 e. The van der Waals surface area contributed by atoms with E-state index in [4.69, 9.17) is 0 Å². The summed E-state index contributed by atoms with van der Waals surface area (Å²) in [5.41, 5.74) is 3.20. The first-order valence-electron chi connectivity index (χ1n) is 8.26. The van der Waals surface area contributed by atoms with Gasteiger partial charge in [-0.25, -0.2) is 4.68 Å². The molecule has 4 rings (SSSR count). The van der Waals surface area contributed by atoms with Gasteiger partial charge in [0, 0.05) is 17.3 Å². The minimum atomic E-state index is -0.622. The second kappa shape index (κ2) is 6.36. The third-order valence-corrected chi connectivity index (χ3v) is 4.45. The van der Waals surface area contributed by atoms with Gasteiger partial charge in [-0.3, -0.25) is 9.59 Å². The molecule has 0 aliphatic carbocycles. The number of fused-ring (bicyclic) bond motifs is 1. The van der Waals surface area contributed by atoms with Gasteiger partial charge in [-0.1, -0.05) is 48.5 Å². The Kier molecular flexibility index (Phi) is 3.90. The smallest absolute Gasteiger partial charge is 0.267 e. The number of aromatic nitrogens is 2. The summed E-state index contributed by atoms with van der Waals surface area (Å²) in [4.78, 5) is 25.0. The fourth-order valence-corrected chi connectivity index (χ4v) is 3.14. The summed E-state index contributed by atoms with van der Waals surface area (Å²) in [6.07, 6.45) is 1.25. The van der Waals surface area contributed by atoms with Crippen LogP contribution in [0.1, 0.15) is 18.0 Å². The fourth-order valence-electron chi connectivity index (χ4n) is 3.14. The van der Waals surface area contributed by atoms with Crippen molar-refractivity contribution in [2.75, 3.05) is 5.32 Å². The van der Waals surface area contributed by atoms with E-state index in [0.717, 1.165) is 16.8 Å². The van der Waals surface area contributed by atoms with Crippen LogP contribution in [0.5, 0.6) is 0 Å². The first-order chi connectivity index (χ1) is 12.2. The van der Waals surface area contributed by atoms with Crippen LogP contribution >= 0.6 is 0 Å². The highest BCUT2D eigenvalue weighted by Crippen LogP contribution is 2.26. The summed E-state index contributed by atoms with van der Waals surface area (Å²) in [6.45, 7) is 0. The topological polar surface area (TPSA) is 64.0 Å². The van der Waals surface area contributed by atoms with E-state index in [1.165, 1.54) is 10.7 Å². The number of hydrogen-bond donors (Lipinski definition) is 1. The molecule has 0 radical (unpaired) electrons. The number of carbonyl (C=O) groups is 1. The molecule has 5 nitrogen and oxygen atoms in total. The Balaban J connectivity index is 1.72. The van der Waals surface area contributed by atoms with Crippen LogP contribution in [-0.4, -0.2) is 15.7 Å². The van der Waals surface area contributed by atoms with Gasteiger partial charge < -0.3 is 5.32 Å². The van der Waals surface area contributed by atoms with Crippen LogP contribution in [0.4, 0.5) is 5.69 Å². The highest BCUT2D eigenvalue weighted by Gasteiger charge is 2.26. The number of anilines is 1. The van der Waals surface area contributed by atoms with Crippen molar-refractivity contribution in [3.8, 4) is 11.3 Å². The van der Waals surface area contributed by atoms with Crippen molar-refractivity contribution in [3.05, 3.63) is 82.6 Å². The molecule has 0 unspecified atom stereocenters. The van der Waals surface area contributed by atoms with E-state index in [1.807, 2.05) is 54.6 Å². The third-order valence-electron chi connectivity index (χ3n) is 4.45. The van der Waals surface area contributed by atoms with E-state index in [2.05, 4.69) is 10.4 Å². The van der Waals surface area contributed by atoms with Crippen LogP contribution in [0.25, 0.3) is 11.3 Å². The van der Waals surface area contributed by atoms with Crippen LogP contribution in [0, 0.1) is 0 Å². The van der Waals surface area contributed by atoms with Crippen molar-refractivity contribution >= 4 is 11.6 Å². The van der Waals surface area contributed by atoms with Crippen molar-refractivity contribution in [3.63, 3.8) is 0 Å². The van der Waals surface area contributed by atoms with Crippen LogP contribution in [-0.2, 0) is 11.2 Å². The average molecular weight is 331 g/mol. The standard InChI is InChI=1S/C20H17N3O2/c24-19-13-11-17(14-6-2-1-3-7-14)22-23(19)18-12-10-15-8-4-5-9-16(15)21-20(18)25/h1-9,11,13,18H,10,12H2,(H,21,25)/t18-/m1/s1. The average Bonchev–Trinajstić information content (AvgIpc) is 2.81. The summed E-state index contributed by atoms with van der Waals surface area (Å²) < 4.78 is 1.31. The fraction of sp³-hybridized carbons (Fsp3) is 0.150. The summed E-state index contributed by atoms with van der Waals surface area (Å²) in [6, 6.07) is 19.9. The Morgan fingerprint density at radius 1 is 0.920 bits per heavy atom. The molecule has 3 aromatic rings. The van der Waals surface area contributed by atoms with Crippen molar-refractivity contribution < 1.29 is 4.79 Å². The molecule has 2 heterocycles. The molecule has 1 aromatic heterocycles. The normalized spacial score (nSPS) is 16.6. The van der Waals surface area contributed by atoms with Crippen molar-refractivity contribution in [1.82, 2.24) is 9.78 Å². The molecule has 0 fully saturated rings. The van der Waals surface area contributed by atoms with Crippen LogP contribution < -0.4 is 10.9 Å². The largest absolute Gasteiger partial charge is 0.324 e. The molecule has 2 aromatic carbocycles. The number of nitrogens with one attached hydrogen (secondary N) is 1. The van der Waals surface area contributed by atoms with Crippen molar-refractivity contribution in [1.29, 1.82) is 0 Å². The van der Waals surface area contributed by atoms with E-state index in [1.54, 1.807) is 6.07 Å². The Labute approximate surface area is 144 Å². The van der Waals surface area contributed by atoms with Crippen molar-refractivity contribution in [2.45, 2.75) is 18.9 Å². The summed E-state index contributed by atoms with van der Waals surface area (Å²) in [7, 11) is 0. The van der Waals surface area contributed by atoms with E-state index >= 15 is 0 Å². The van der Waals surface area contributed by atoms with Gasteiger partial charge in [0.05, 0.1) is 5.69 Å². The first-order valence-corrected chi connectivity index (χ1v) is 8.26. The van der Waals surface area contributed by atoms with Gasteiger partial charge in [-0.05, 0) is 30.5 Å². The molecular formula is C20H17N3O2. The molecule has 1 N–H and O–H groups in total. The summed E-state index contributed by atoms with van der Waals surface area (Å²) in [5, 5.41) is 7.38. The van der Waals surface area contributed by atoms with Gasteiger partial charge in [0.1, 0.15) is 6.04 Å². The summed E-state index contributed by atoms with van der Waals surface area (Å²) in [5.74, 6) is -0.204. The molecule has 0 spiro atoms. The quantitative estimate of drug-likeness (QED) is 0.785. The van der Waals surface area contributed by atoms with Gasteiger partial charge in [0.2, 0.25) is 5.91 Å². The molecule has 5 heteroatoms. The highest BCUT2D eigenvalue weighted by atomic mass is 16.2. The maximum absolute atomic E-state index is 12.7. The molecule has 1 atom stereocenters. The highest BCUT2D eigenvalue weighted by molar-refractivity contribution is 5.95. The molecule has 1 aliphatic rings. The lowest BCUT2D eigenvalue weighted by atomic mass is 10.1. The second-order valence-electron chi connectivity index (χ2n) is 6.07. The number of aryl methyl sites for hydroxylation is 1. The zero-order valence-corrected chi connectivity index (χ0v) is 13.6. The Hall–Kier alpha value is -3.21. The predicted molar refractivity (Wildman–Crippen MR) is 96.4 cm³/mol. The van der Waals surface area contributed by atoms with Gasteiger partial charge in [0.25, 0.3) is 5.56 Å². The maximum atomic E-state index is 12.7. The second-order valence-corrected chi connectivity index (χ2v) is 6.07. The number of benzene rings is 2. The lowest BCUT2D eigenvalue weighted by Gasteiger charge is -2.16. The molecular weight excluding hydrogens is 314 g/mol. The van der Waals surface area contributed by atoms with E-state index in [9.17, 15) is 9.59 Å². The zero-order chi connectivity index (χ0) is 17.2. The molecule has 1 amide bonds. The molecule has 0 bridgehead atoms. The first kappa shape index (κ1) is 15.3. The van der Waals surface area contributed by atoms with Crippen molar-refractivity contribution in [2.24, 2.45) is 0 Å². The maximum Gasteiger partial charge on any atom is 0.267 e. The number of para-hydroxylation sites is 1. The van der Waals surface area contributed by atoms with Crippen LogP contribution in [0.15, 0.2) is 71.5 Å². The third kappa shape index (κ3) is 2.96. The van der Waals surface area contributed by atoms with Crippen LogP contribution in [0.2, 0.25) is 0 Å². The number of rotatable bonds is 2. The van der Waals surface area contributed by atoms with E-state index in [-0.39, 0.29) is 11.5 Å². The number of hydrogen-bond acceptors (Lipinski definition) is 3. The predicted octanol–water partition coefficient (Wildman–Crippen LogP) is 3.04. The lowest BCUT2D eigenvalue weighted by Crippen LogP contribution is -2.34. The molecule has 1 aliphatic heterocycles. The van der Waals surface area contributed by atoms with Crippen LogP contribution in [0.3, 0.4) is 0 Å². The van der Waals surface area contributed by atoms with Gasteiger partial charge >= 0.3 is 0 Å². The van der Waals surface area contributed by atoms with Gasteiger partial charge in [-0.2, -0.15) is 5.10 Å². The summed E-state index contributed by atoms with van der Waals surface area (Å²) >= 11 is 0. The van der Waals surface area contributed by atoms with E-state index < -0.39 is 6.04 Å². The Morgan fingerprint density at radius 2 is 1.68 bits per heavy atom. The monoisotopic (exact) mass is 331 g/mol. The molecule has 0 saturated heterocycles. The number of amides is 1.